The van der Waals surface area contributed by atoms with Gasteiger partial charge in [0, 0.05) is 6.04 Å². The molecule has 0 bridgehead atoms. The van der Waals surface area contributed by atoms with E-state index in [9.17, 15) is 0 Å². The third-order valence-electron chi connectivity index (χ3n) is 1.88. The van der Waals surface area contributed by atoms with Gasteiger partial charge in [-0.05, 0) is 19.8 Å². The summed E-state index contributed by atoms with van der Waals surface area (Å²) < 4.78 is 5.28. The predicted octanol–water partition coefficient (Wildman–Crippen LogP) is -0.127. The molecule has 0 amide bonds. The fourth-order valence-electron chi connectivity index (χ4n) is 1.17. The van der Waals surface area contributed by atoms with E-state index in [4.69, 9.17) is 15.6 Å². The van der Waals surface area contributed by atoms with Crippen molar-refractivity contribution in [2.24, 2.45) is 5.73 Å². The first-order valence-electron chi connectivity index (χ1n) is 3.75. The first-order valence-corrected chi connectivity index (χ1v) is 3.75. The summed E-state index contributed by atoms with van der Waals surface area (Å²) in [6.07, 6.45) is 1.52. The van der Waals surface area contributed by atoms with Crippen LogP contribution in [-0.2, 0) is 4.74 Å². The molecule has 3 N–H and O–H groups in total. The first-order chi connectivity index (χ1) is 4.70. The van der Waals surface area contributed by atoms with Crippen molar-refractivity contribution in [3.05, 3.63) is 0 Å². The van der Waals surface area contributed by atoms with Gasteiger partial charge in [-0.1, -0.05) is 0 Å². The topological polar surface area (TPSA) is 55.5 Å². The molecule has 0 saturated carbocycles. The van der Waals surface area contributed by atoms with Crippen molar-refractivity contribution in [3.63, 3.8) is 0 Å². The highest BCUT2D eigenvalue weighted by Gasteiger charge is 2.22. The number of nitrogens with two attached hydrogens (primary N) is 1. The minimum atomic E-state index is -0.354. The second kappa shape index (κ2) is 3.32. The SMILES string of the molecule is C[C@@H](O)C1CC[C@@H](N)CO1. The molecule has 0 radical (unpaired) electrons. The van der Waals surface area contributed by atoms with Crippen LogP contribution in [0.4, 0.5) is 0 Å². The van der Waals surface area contributed by atoms with Gasteiger partial charge in [0.1, 0.15) is 0 Å². The van der Waals surface area contributed by atoms with Crippen molar-refractivity contribution in [3.8, 4) is 0 Å². The highest BCUT2D eigenvalue weighted by atomic mass is 16.5. The molecule has 0 spiro atoms. The number of aliphatic hydroxyl groups is 1. The average Bonchev–Trinajstić information content (AvgIpc) is 1.88. The lowest BCUT2D eigenvalue weighted by Gasteiger charge is -2.28. The molecule has 1 aliphatic rings. The van der Waals surface area contributed by atoms with Crippen LogP contribution in [0.3, 0.4) is 0 Å². The maximum absolute atomic E-state index is 9.10. The van der Waals surface area contributed by atoms with Gasteiger partial charge in [0.05, 0.1) is 18.8 Å². The van der Waals surface area contributed by atoms with E-state index in [1.165, 1.54) is 0 Å². The number of hydrogen-bond acceptors (Lipinski definition) is 3. The van der Waals surface area contributed by atoms with Crippen LogP contribution in [-0.4, -0.2) is 30.0 Å². The summed E-state index contributed by atoms with van der Waals surface area (Å²) in [6.45, 7) is 2.34. The molecule has 1 fully saturated rings. The van der Waals surface area contributed by atoms with E-state index in [0.717, 1.165) is 12.8 Å². The van der Waals surface area contributed by atoms with Crippen molar-refractivity contribution in [2.45, 2.75) is 38.0 Å². The Morgan fingerprint density at radius 2 is 2.30 bits per heavy atom. The lowest BCUT2D eigenvalue weighted by atomic mass is 10.0. The van der Waals surface area contributed by atoms with E-state index in [-0.39, 0.29) is 18.2 Å². The van der Waals surface area contributed by atoms with Crippen LogP contribution in [0.15, 0.2) is 0 Å². The molecule has 1 saturated heterocycles. The molecule has 0 aromatic carbocycles. The molecule has 3 heteroatoms. The summed E-state index contributed by atoms with van der Waals surface area (Å²) in [7, 11) is 0. The van der Waals surface area contributed by atoms with Crippen molar-refractivity contribution >= 4 is 0 Å². The van der Waals surface area contributed by atoms with E-state index < -0.39 is 0 Å². The van der Waals surface area contributed by atoms with Crippen molar-refractivity contribution < 1.29 is 9.84 Å². The maximum atomic E-state index is 9.10. The molecule has 1 unspecified atom stereocenters. The zero-order valence-electron chi connectivity index (χ0n) is 6.29. The van der Waals surface area contributed by atoms with Crippen LogP contribution >= 0.6 is 0 Å². The molecular weight excluding hydrogens is 130 g/mol. The Morgan fingerprint density at radius 3 is 2.70 bits per heavy atom. The molecule has 1 aliphatic heterocycles. The van der Waals surface area contributed by atoms with E-state index in [0.29, 0.717) is 6.61 Å². The Labute approximate surface area is 61.2 Å². The van der Waals surface area contributed by atoms with Gasteiger partial charge in [-0.15, -0.1) is 0 Å². The number of rotatable bonds is 1. The molecule has 1 heterocycles. The largest absolute Gasteiger partial charge is 0.391 e. The van der Waals surface area contributed by atoms with Gasteiger partial charge in [0.2, 0.25) is 0 Å². The quantitative estimate of drug-likeness (QED) is 0.540. The Bertz CT molecular complexity index is 97.8. The Morgan fingerprint density at radius 1 is 1.60 bits per heavy atom. The van der Waals surface area contributed by atoms with Gasteiger partial charge in [-0.3, -0.25) is 0 Å². The zero-order valence-corrected chi connectivity index (χ0v) is 6.29. The molecule has 10 heavy (non-hydrogen) atoms. The van der Waals surface area contributed by atoms with Crippen LogP contribution in [0.2, 0.25) is 0 Å². The van der Waals surface area contributed by atoms with Gasteiger partial charge in [-0.25, -0.2) is 0 Å². The molecule has 3 nitrogen and oxygen atoms in total. The average molecular weight is 145 g/mol. The van der Waals surface area contributed by atoms with E-state index in [1.807, 2.05) is 0 Å². The van der Waals surface area contributed by atoms with E-state index >= 15 is 0 Å². The second-order valence-electron chi connectivity index (χ2n) is 2.95. The summed E-state index contributed by atoms with van der Waals surface area (Å²) >= 11 is 0. The smallest absolute Gasteiger partial charge is 0.0832 e. The lowest BCUT2D eigenvalue weighted by Crippen LogP contribution is -2.39. The first kappa shape index (κ1) is 7.98. The maximum Gasteiger partial charge on any atom is 0.0832 e. The van der Waals surface area contributed by atoms with Gasteiger partial charge >= 0.3 is 0 Å². The number of ether oxygens (including phenoxy) is 1. The van der Waals surface area contributed by atoms with E-state index in [2.05, 4.69) is 0 Å². The summed E-state index contributed by atoms with van der Waals surface area (Å²) in [4.78, 5) is 0. The highest BCUT2D eigenvalue weighted by molar-refractivity contribution is 4.74. The molecule has 60 valence electrons. The van der Waals surface area contributed by atoms with Crippen molar-refractivity contribution in [1.29, 1.82) is 0 Å². The van der Waals surface area contributed by atoms with Gasteiger partial charge in [-0.2, -0.15) is 0 Å². The zero-order chi connectivity index (χ0) is 7.56. The van der Waals surface area contributed by atoms with Crippen LogP contribution < -0.4 is 5.73 Å². The third kappa shape index (κ3) is 1.94. The standard InChI is InChI=1S/C7H15NO2/c1-5(9)7-3-2-6(8)4-10-7/h5-7,9H,2-4,8H2,1H3/t5-,6-,7?/m1/s1. The van der Waals surface area contributed by atoms with Crippen LogP contribution in [0.1, 0.15) is 19.8 Å². The predicted molar refractivity (Wildman–Crippen MR) is 38.6 cm³/mol. The van der Waals surface area contributed by atoms with Crippen LogP contribution in [0, 0.1) is 0 Å². The molecule has 0 aliphatic carbocycles. The monoisotopic (exact) mass is 145 g/mol. The number of aliphatic hydroxyl groups excluding tert-OH is 1. The lowest BCUT2D eigenvalue weighted by molar-refractivity contribution is -0.0608. The van der Waals surface area contributed by atoms with Crippen LogP contribution in [0.25, 0.3) is 0 Å². The fourth-order valence-corrected chi connectivity index (χ4v) is 1.17. The van der Waals surface area contributed by atoms with E-state index in [1.54, 1.807) is 6.92 Å². The normalized spacial score (nSPS) is 37.5. The Hall–Kier alpha value is -0.120. The van der Waals surface area contributed by atoms with Gasteiger partial charge in [0.15, 0.2) is 0 Å². The summed E-state index contributed by atoms with van der Waals surface area (Å²) in [6, 6.07) is 0.176. The molecular formula is C7H15NO2. The summed E-state index contributed by atoms with van der Waals surface area (Å²) in [5, 5.41) is 9.10. The summed E-state index contributed by atoms with van der Waals surface area (Å²) in [5.74, 6) is 0. The minimum Gasteiger partial charge on any atom is -0.391 e. The second-order valence-corrected chi connectivity index (χ2v) is 2.95. The van der Waals surface area contributed by atoms with Gasteiger partial charge in [0.25, 0.3) is 0 Å². The highest BCUT2D eigenvalue weighted by Crippen LogP contribution is 2.14. The number of hydrogen-bond donors (Lipinski definition) is 2. The molecule has 0 aromatic heterocycles. The molecule has 1 rings (SSSR count). The van der Waals surface area contributed by atoms with Crippen molar-refractivity contribution in [1.82, 2.24) is 0 Å². The Balaban J connectivity index is 2.26. The van der Waals surface area contributed by atoms with Crippen LogP contribution in [0.5, 0.6) is 0 Å². The summed E-state index contributed by atoms with van der Waals surface area (Å²) in [5.41, 5.74) is 5.59. The minimum absolute atomic E-state index is 0.0137. The third-order valence-corrected chi connectivity index (χ3v) is 1.88. The van der Waals surface area contributed by atoms with Crippen molar-refractivity contribution in [2.75, 3.05) is 6.61 Å². The molecule has 0 aromatic rings. The van der Waals surface area contributed by atoms with Gasteiger partial charge < -0.3 is 15.6 Å². The Kier molecular flexibility index (Phi) is 2.65. The molecule has 3 atom stereocenters. The fraction of sp³-hybridized carbons (Fsp3) is 1.00.